The van der Waals surface area contributed by atoms with Crippen LogP contribution in [0.5, 0.6) is 0 Å². The van der Waals surface area contributed by atoms with Gasteiger partial charge in [-0.3, -0.25) is 14.4 Å². The molecule has 0 saturated carbocycles. The molecule has 6 heteroatoms. The van der Waals surface area contributed by atoms with E-state index in [0.717, 1.165) is 89.9 Å². The van der Waals surface area contributed by atoms with E-state index in [9.17, 15) is 14.4 Å². The van der Waals surface area contributed by atoms with Gasteiger partial charge in [-0.05, 0) is 89.9 Å². The number of rotatable bonds is 42. The molecule has 0 aliphatic carbocycles. The lowest BCUT2D eigenvalue weighted by Crippen LogP contribution is -2.30. The fraction of sp³-hybridized carbons (Fsp3) is 0.589. The standard InChI is InChI=1S/C56H88O6/c1-4-7-10-13-16-19-22-25-27-29-31-34-37-40-43-46-49-55(58)61-52-53(51-60-54(57)48-45-42-39-36-33-30-24-21-18-15-12-9-6-3)62-56(59)50-47-44-41-38-35-32-28-26-23-20-17-14-11-8-5-2/h7-8,10-11,14,16-17,19-20,23,25-28,30,32-33,35,39,42,53H,4-6,9,12-13,15,18,21-22,24,29,31,34,36-38,40-41,43-52H2,1-3H3/b10-7-,11-8-,17-14-,19-16-,23-20-,27-25-,28-26-,33-30-,35-32-,42-39-. The molecule has 0 rings (SSSR count). The van der Waals surface area contributed by atoms with Crippen molar-refractivity contribution >= 4 is 17.9 Å². The van der Waals surface area contributed by atoms with Crippen molar-refractivity contribution in [1.82, 2.24) is 0 Å². The summed E-state index contributed by atoms with van der Waals surface area (Å²) in [7, 11) is 0. The average Bonchev–Trinajstić information content (AvgIpc) is 3.27. The molecule has 1 atom stereocenters. The molecule has 0 fully saturated rings. The maximum atomic E-state index is 12.8. The third kappa shape index (κ3) is 46.9. The molecule has 0 amide bonds. The van der Waals surface area contributed by atoms with E-state index in [1.54, 1.807) is 0 Å². The van der Waals surface area contributed by atoms with Crippen molar-refractivity contribution in [2.45, 2.75) is 200 Å². The summed E-state index contributed by atoms with van der Waals surface area (Å²) in [6.45, 7) is 6.25. The zero-order valence-corrected chi connectivity index (χ0v) is 39.6. The van der Waals surface area contributed by atoms with Crippen molar-refractivity contribution in [2.75, 3.05) is 13.2 Å². The summed E-state index contributed by atoms with van der Waals surface area (Å²) >= 11 is 0. The normalized spacial score (nSPS) is 13.1. The van der Waals surface area contributed by atoms with Crippen molar-refractivity contribution in [1.29, 1.82) is 0 Å². The highest BCUT2D eigenvalue weighted by Gasteiger charge is 2.19. The quantitative estimate of drug-likeness (QED) is 0.0200. The lowest BCUT2D eigenvalue weighted by Gasteiger charge is -2.18. The number of allylic oxidation sites excluding steroid dienone is 20. The molecule has 0 saturated heterocycles. The number of ether oxygens (including phenoxy) is 3. The first-order valence-corrected chi connectivity index (χ1v) is 24.6. The van der Waals surface area contributed by atoms with Gasteiger partial charge in [-0.1, -0.05) is 206 Å². The van der Waals surface area contributed by atoms with Crippen LogP contribution in [0.25, 0.3) is 0 Å². The van der Waals surface area contributed by atoms with Crippen LogP contribution < -0.4 is 0 Å². The van der Waals surface area contributed by atoms with Gasteiger partial charge in [-0.15, -0.1) is 0 Å². The summed E-state index contributed by atoms with van der Waals surface area (Å²) in [6, 6.07) is 0. The van der Waals surface area contributed by atoms with Crippen LogP contribution in [0.2, 0.25) is 0 Å². The highest BCUT2D eigenvalue weighted by Crippen LogP contribution is 2.12. The summed E-state index contributed by atoms with van der Waals surface area (Å²) in [4.78, 5) is 37.9. The molecule has 0 aromatic heterocycles. The van der Waals surface area contributed by atoms with E-state index in [1.165, 1.54) is 51.4 Å². The van der Waals surface area contributed by atoms with E-state index >= 15 is 0 Å². The van der Waals surface area contributed by atoms with Gasteiger partial charge in [-0.2, -0.15) is 0 Å². The van der Waals surface area contributed by atoms with E-state index in [4.69, 9.17) is 14.2 Å². The largest absolute Gasteiger partial charge is 0.462 e. The maximum absolute atomic E-state index is 12.8. The molecule has 0 radical (unpaired) electrons. The summed E-state index contributed by atoms with van der Waals surface area (Å²) < 4.78 is 16.7. The van der Waals surface area contributed by atoms with E-state index in [-0.39, 0.29) is 44.0 Å². The zero-order chi connectivity index (χ0) is 45.1. The molecule has 0 bridgehead atoms. The summed E-state index contributed by atoms with van der Waals surface area (Å²) in [6.07, 6.45) is 67.6. The minimum atomic E-state index is -0.831. The van der Waals surface area contributed by atoms with Gasteiger partial charge in [0.25, 0.3) is 0 Å². The molecular formula is C56H88O6. The Morgan fingerprint density at radius 2 is 0.742 bits per heavy atom. The van der Waals surface area contributed by atoms with Gasteiger partial charge in [0.15, 0.2) is 6.10 Å². The Kier molecular flexibility index (Phi) is 46.1. The first-order valence-electron chi connectivity index (χ1n) is 24.6. The topological polar surface area (TPSA) is 78.9 Å². The Balaban J connectivity index is 4.57. The molecule has 0 aliphatic rings. The smallest absolute Gasteiger partial charge is 0.306 e. The average molecular weight is 857 g/mol. The third-order valence-electron chi connectivity index (χ3n) is 9.82. The van der Waals surface area contributed by atoms with Crippen LogP contribution >= 0.6 is 0 Å². The monoisotopic (exact) mass is 857 g/mol. The van der Waals surface area contributed by atoms with Crippen molar-refractivity contribution in [3.05, 3.63) is 122 Å². The van der Waals surface area contributed by atoms with Gasteiger partial charge in [0.05, 0.1) is 0 Å². The van der Waals surface area contributed by atoms with Gasteiger partial charge in [0, 0.05) is 19.3 Å². The Morgan fingerprint density at radius 1 is 0.355 bits per heavy atom. The second-order valence-corrected chi connectivity index (χ2v) is 15.7. The predicted octanol–water partition coefficient (Wildman–Crippen LogP) is 16.1. The van der Waals surface area contributed by atoms with Crippen LogP contribution in [-0.2, 0) is 28.6 Å². The molecule has 0 aliphatic heterocycles. The van der Waals surface area contributed by atoms with Gasteiger partial charge in [0.2, 0.25) is 0 Å². The molecule has 0 spiro atoms. The van der Waals surface area contributed by atoms with Crippen molar-refractivity contribution in [3.8, 4) is 0 Å². The Labute approximate surface area is 380 Å². The molecule has 0 N–H and O–H groups in total. The Hall–Kier alpha value is -4.19. The number of unbranched alkanes of at least 4 members (excludes halogenated alkanes) is 15. The summed E-state index contributed by atoms with van der Waals surface area (Å²) in [5.74, 6) is -1.06. The molecular weight excluding hydrogens is 769 g/mol. The van der Waals surface area contributed by atoms with Gasteiger partial charge >= 0.3 is 17.9 Å². The van der Waals surface area contributed by atoms with Gasteiger partial charge in [0.1, 0.15) is 13.2 Å². The van der Waals surface area contributed by atoms with Crippen LogP contribution in [0.15, 0.2) is 122 Å². The van der Waals surface area contributed by atoms with E-state index < -0.39 is 6.10 Å². The maximum Gasteiger partial charge on any atom is 0.306 e. The fourth-order valence-electron chi connectivity index (χ4n) is 6.18. The SMILES string of the molecule is CC\C=C/C=C\C=C/C=C\C=C/CCCCCC(=O)OC(COC(=O)CC/C=C\C/C=C\CCCCCCCC)COC(=O)CCCCCCCC/C=C\C/C=C\C/C=C\CC. The number of carbonyl (C=O) groups excluding carboxylic acids is 3. The summed E-state index contributed by atoms with van der Waals surface area (Å²) in [5.41, 5.74) is 0. The van der Waals surface area contributed by atoms with E-state index in [1.807, 2.05) is 54.7 Å². The van der Waals surface area contributed by atoms with Crippen LogP contribution in [-0.4, -0.2) is 37.2 Å². The molecule has 0 aromatic rings. The van der Waals surface area contributed by atoms with Crippen LogP contribution in [0, 0.1) is 0 Å². The molecule has 348 valence electrons. The number of carbonyl (C=O) groups is 3. The van der Waals surface area contributed by atoms with Crippen molar-refractivity contribution in [3.63, 3.8) is 0 Å². The highest BCUT2D eigenvalue weighted by atomic mass is 16.6. The van der Waals surface area contributed by atoms with Gasteiger partial charge < -0.3 is 14.2 Å². The second kappa shape index (κ2) is 49.5. The number of esters is 3. The minimum absolute atomic E-state index is 0.123. The molecule has 1 unspecified atom stereocenters. The van der Waals surface area contributed by atoms with Crippen LogP contribution in [0.3, 0.4) is 0 Å². The molecule has 62 heavy (non-hydrogen) atoms. The number of hydrogen-bond acceptors (Lipinski definition) is 6. The van der Waals surface area contributed by atoms with Crippen molar-refractivity contribution in [2.24, 2.45) is 0 Å². The highest BCUT2D eigenvalue weighted by molar-refractivity contribution is 5.71. The van der Waals surface area contributed by atoms with E-state index in [2.05, 4.69) is 87.6 Å². The molecule has 6 nitrogen and oxygen atoms in total. The van der Waals surface area contributed by atoms with Crippen molar-refractivity contribution < 1.29 is 28.6 Å². The van der Waals surface area contributed by atoms with Crippen LogP contribution in [0.1, 0.15) is 194 Å². The molecule has 0 heterocycles. The van der Waals surface area contributed by atoms with Crippen LogP contribution in [0.4, 0.5) is 0 Å². The lowest BCUT2D eigenvalue weighted by atomic mass is 10.1. The number of hydrogen-bond donors (Lipinski definition) is 0. The summed E-state index contributed by atoms with van der Waals surface area (Å²) in [5, 5.41) is 0. The Morgan fingerprint density at radius 3 is 1.29 bits per heavy atom. The lowest BCUT2D eigenvalue weighted by molar-refractivity contribution is -0.166. The second-order valence-electron chi connectivity index (χ2n) is 15.7. The zero-order valence-electron chi connectivity index (χ0n) is 39.6. The Bertz CT molecular complexity index is 1350. The third-order valence-corrected chi connectivity index (χ3v) is 9.82. The van der Waals surface area contributed by atoms with Gasteiger partial charge in [-0.25, -0.2) is 0 Å². The minimum Gasteiger partial charge on any atom is -0.462 e. The fourth-order valence-corrected chi connectivity index (χ4v) is 6.18. The first kappa shape index (κ1) is 57.8. The predicted molar refractivity (Wildman–Crippen MR) is 265 cm³/mol. The van der Waals surface area contributed by atoms with E-state index in [0.29, 0.717) is 19.3 Å². The first-order chi connectivity index (χ1) is 30.5. The molecule has 0 aromatic carbocycles.